The van der Waals surface area contributed by atoms with Crippen molar-refractivity contribution in [3.8, 4) is 11.4 Å². The van der Waals surface area contributed by atoms with Crippen LogP contribution in [0.4, 0.5) is 11.4 Å². The molecule has 0 aliphatic rings. The smallest absolute Gasteiger partial charge is 0.269 e. The highest BCUT2D eigenvalue weighted by atomic mass is 32.2. The summed E-state index contributed by atoms with van der Waals surface area (Å²) in [5.74, 6) is 0.929. The number of methoxy groups -OCH3 is 1. The number of aromatic nitrogens is 4. The van der Waals surface area contributed by atoms with E-state index in [4.69, 9.17) is 4.74 Å². The number of tetrazole rings is 1. The quantitative estimate of drug-likeness (QED) is 0.355. The summed E-state index contributed by atoms with van der Waals surface area (Å²) in [5, 5.41) is 24.6. The first-order chi connectivity index (χ1) is 13.9. The molecule has 1 heterocycles. The first-order valence-corrected chi connectivity index (χ1v) is 9.42. The Kier molecular flexibility index (Phi) is 6.07. The lowest BCUT2D eigenvalue weighted by molar-refractivity contribution is -0.384. The summed E-state index contributed by atoms with van der Waals surface area (Å²) in [6, 6.07) is 11.2. The van der Waals surface area contributed by atoms with E-state index in [1.165, 1.54) is 28.6 Å². The van der Waals surface area contributed by atoms with E-state index in [0.717, 1.165) is 4.90 Å². The van der Waals surface area contributed by atoms with Crippen LogP contribution in [-0.4, -0.2) is 43.4 Å². The predicted molar refractivity (Wildman–Crippen MR) is 107 cm³/mol. The van der Waals surface area contributed by atoms with Crippen LogP contribution in [-0.2, 0) is 4.79 Å². The number of hydrogen-bond acceptors (Lipinski definition) is 8. The molecule has 29 heavy (non-hydrogen) atoms. The van der Waals surface area contributed by atoms with Crippen molar-refractivity contribution in [3.63, 3.8) is 0 Å². The first kappa shape index (κ1) is 20.3. The highest BCUT2D eigenvalue weighted by Gasteiger charge is 2.17. The molecule has 1 atom stereocenters. The molecular weight excluding hydrogens is 396 g/mol. The summed E-state index contributed by atoms with van der Waals surface area (Å²) in [4.78, 5) is 23.6. The summed E-state index contributed by atoms with van der Waals surface area (Å²) in [6.07, 6.45) is 0. The van der Waals surface area contributed by atoms with Crippen molar-refractivity contribution in [1.82, 2.24) is 20.2 Å². The molecular formula is C18H18N6O4S. The van der Waals surface area contributed by atoms with Crippen LogP contribution in [0.25, 0.3) is 5.69 Å². The largest absolute Gasteiger partial charge is 0.494 e. The summed E-state index contributed by atoms with van der Waals surface area (Å²) in [7, 11) is 1.54. The second-order valence-corrected chi connectivity index (χ2v) is 7.44. The molecule has 3 rings (SSSR count). The Balaban J connectivity index is 1.73. The molecule has 3 aromatic rings. The van der Waals surface area contributed by atoms with Gasteiger partial charge in [-0.2, -0.15) is 4.68 Å². The Morgan fingerprint density at radius 1 is 1.28 bits per heavy atom. The minimum Gasteiger partial charge on any atom is -0.494 e. The molecule has 0 spiro atoms. The lowest BCUT2D eigenvalue weighted by atomic mass is 10.2. The third kappa shape index (κ3) is 4.69. The topological polar surface area (TPSA) is 125 Å². The lowest BCUT2D eigenvalue weighted by Gasteiger charge is -2.14. The number of benzene rings is 2. The molecule has 1 aromatic heterocycles. The van der Waals surface area contributed by atoms with Crippen LogP contribution < -0.4 is 10.1 Å². The van der Waals surface area contributed by atoms with E-state index in [2.05, 4.69) is 20.8 Å². The van der Waals surface area contributed by atoms with Gasteiger partial charge in [-0.1, -0.05) is 0 Å². The zero-order valence-electron chi connectivity index (χ0n) is 15.9. The maximum atomic E-state index is 12.6. The number of rotatable bonds is 7. The predicted octanol–water partition coefficient (Wildman–Crippen LogP) is 3.01. The number of anilines is 1. The van der Waals surface area contributed by atoms with E-state index in [1.54, 1.807) is 51.3 Å². The van der Waals surface area contributed by atoms with Gasteiger partial charge in [0.2, 0.25) is 5.91 Å². The van der Waals surface area contributed by atoms with Gasteiger partial charge in [-0.15, -0.1) is 16.9 Å². The van der Waals surface area contributed by atoms with Crippen LogP contribution in [0.2, 0.25) is 0 Å². The van der Waals surface area contributed by atoms with E-state index in [9.17, 15) is 14.9 Å². The molecule has 0 saturated carbocycles. The number of carbonyl (C=O) groups is 1. The normalized spacial score (nSPS) is 11.7. The zero-order chi connectivity index (χ0) is 21.0. The number of aryl methyl sites for hydroxylation is 1. The number of nitrogens with zero attached hydrogens (tertiary/aromatic N) is 5. The Hall–Kier alpha value is -3.47. The Morgan fingerprint density at radius 2 is 2.00 bits per heavy atom. The molecule has 0 aliphatic carbocycles. The van der Waals surface area contributed by atoms with Gasteiger partial charge in [0.05, 0.1) is 17.3 Å². The van der Waals surface area contributed by atoms with Crippen molar-refractivity contribution >= 4 is 29.0 Å². The average Bonchev–Trinajstić information content (AvgIpc) is 3.14. The van der Waals surface area contributed by atoms with Crippen LogP contribution in [0.15, 0.2) is 47.4 Å². The Morgan fingerprint density at radius 3 is 2.59 bits per heavy atom. The molecule has 150 valence electrons. The molecule has 0 aliphatic heterocycles. The molecule has 1 unspecified atom stereocenters. The summed E-state index contributed by atoms with van der Waals surface area (Å²) < 4.78 is 6.87. The van der Waals surface area contributed by atoms with Crippen LogP contribution in [0.1, 0.15) is 12.7 Å². The van der Waals surface area contributed by atoms with Gasteiger partial charge in [0.15, 0.2) is 5.82 Å². The number of carbonyl (C=O) groups excluding carboxylic acids is 1. The fraction of sp³-hybridized carbons (Fsp3) is 0.222. The number of amides is 1. The van der Waals surface area contributed by atoms with Gasteiger partial charge < -0.3 is 10.1 Å². The summed E-state index contributed by atoms with van der Waals surface area (Å²) in [5.41, 5.74) is 1.18. The monoisotopic (exact) mass is 414 g/mol. The first-order valence-electron chi connectivity index (χ1n) is 8.54. The number of non-ortho nitro benzene ring substituents is 1. The van der Waals surface area contributed by atoms with E-state index >= 15 is 0 Å². The number of nitro benzene ring substituents is 1. The zero-order valence-corrected chi connectivity index (χ0v) is 16.7. The van der Waals surface area contributed by atoms with E-state index in [0.29, 0.717) is 22.9 Å². The SMILES string of the molecule is COc1ccc(NC(=O)C(C)Sc2ccc([N+](=O)[O-])cc2)cc1-n1nnnc1C. The Labute approximate surface area is 170 Å². The molecule has 10 nitrogen and oxygen atoms in total. The molecule has 1 amide bonds. The second kappa shape index (κ2) is 8.69. The minimum absolute atomic E-state index is 0.00936. The molecule has 0 radical (unpaired) electrons. The lowest BCUT2D eigenvalue weighted by Crippen LogP contribution is -2.22. The van der Waals surface area contributed by atoms with E-state index in [-0.39, 0.29) is 11.6 Å². The van der Waals surface area contributed by atoms with Gasteiger partial charge >= 0.3 is 0 Å². The molecule has 2 aromatic carbocycles. The second-order valence-electron chi connectivity index (χ2n) is 6.02. The number of nitro groups is 1. The number of thioether (sulfide) groups is 1. The van der Waals surface area contributed by atoms with E-state index in [1.807, 2.05) is 0 Å². The van der Waals surface area contributed by atoms with Gasteiger partial charge in [0.25, 0.3) is 5.69 Å². The van der Waals surface area contributed by atoms with Gasteiger partial charge in [-0.05, 0) is 54.6 Å². The number of nitrogens with one attached hydrogen (secondary N) is 1. The fourth-order valence-electron chi connectivity index (χ4n) is 2.54. The Bertz CT molecular complexity index is 1040. The third-order valence-corrected chi connectivity index (χ3v) is 5.14. The van der Waals surface area contributed by atoms with Crippen molar-refractivity contribution in [1.29, 1.82) is 0 Å². The van der Waals surface area contributed by atoms with Gasteiger partial charge in [-0.3, -0.25) is 14.9 Å². The maximum absolute atomic E-state index is 12.6. The van der Waals surface area contributed by atoms with Crippen molar-refractivity contribution in [2.45, 2.75) is 24.0 Å². The van der Waals surface area contributed by atoms with Crippen molar-refractivity contribution in [3.05, 3.63) is 58.4 Å². The molecule has 0 bridgehead atoms. The van der Waals surface area contributed by atoms with E-state index < -0.39 is 10.2 Å². The maximum Gasteiger partial charge on any atom is 0.269 e. The van der Waals surface area contributed by atoms with Crippen molar-refractivity contribution in [2.75, 3.05) is 12.4 Å². The van der Waals surface area contributed by atoms with Gasteiger partial charge in [-0.25, -0.2) is 0 Å². The van der Waals surface area contributed by atoms with Crippen LogP contribution in [0, 0.1) is 17.0 Å². The molecule has 1 N–H and O–H groups in total. The van der Waals surface area contributed by atoms with Crippen LogP contribution in [0.3, 0.4) is 0 Å². The van der Waals surface area contributed by atoms with Crippen LogP contribution >= 0.6 is 11.8 Å². The van der Waals surface area contributed by atoms with Gasteiger partial charge in [0.1, 0.15) is 11.4 Å². The van der Waals surface area contributed by atoms with Crippen molar-refractivity contribution in [2.24, 2.45) is 0 Å². The molecule has 0 fully saturated rings. The standard InChI is InChI=1S/C18H18N6O4S/c1-11(29-15-7-5-14(6-8-15)24(26)27)18(25)19-13-4-9-17(28-3)16(10-13)23-12(2)20-21-22-23/h4-11H,1-3H3,(H,19,25). The molecule has 0 saturated heterocycles. The number of hydrogen-bond donors (Lipinski definition) is 1. The third-order valence-electron chi connectivity index (χ3n) is 4.03. The number of ether oxygens (including phenoxy) is 1. The van der Waals surface area contributed by atoms with Crippen LogP contribution in [0.5, 0.6) is 5.75 Å². The summed E-state index contributed by atoms with van der Waals surface area (Å²) in [6.45, 7) is 3.52. The van der Waals surface area contributed by atoms with Crippen molar-refractivity contribution < 1.29 is 14.5 Å². The fourth-order valence-corrected chi connectivity index (χ4v) is 3.40. The summed E-state index contributed by atoms with van der Waals surface area (Å²) >= 11 is 1.31. The molecule has 11 heteroatoms. The minimum atomic E-state index is -0.460. The highest BCUT2D eigenvalue weighted by Crippen LogP contribution is 2.29. The highest BCUT2D eigenvalue weighted by molar-refractivity contribution is 8.00. The van der Waals surface area contributed by atoms with Gasteiger partial charge in [0, 0.05) is 22.7 Å². The average molecular weight is 414 g/mol.